The molecule has 1 rings (SSSR count). The highest BCUT2D eigenvalue weighted by Gasteiger charge is 2.31. The standard InChI is InChI=1S/C7H13NO3/c1-8-3-2-6(9)5(8)4-7(10)11/h5-6,9H,2-4H2,1H3,(H,10,11)/t5-,6-/m1/s1. The molecule has 11 heavy (non-hydrogen) atoms. The Morgan fingerprint density at radius 1 is 1.73 bits per heavy atom. The van der Waals surface area contributed by atoms with Crippen molar-refractivity contribution < 1.29 is 15.0 Å². The lowest BCUT2D eigenvalue weighted by Crippen LogP contribution is -2.34. The van der Waals surface area contributed by atoms with Crippen LogP contribution in [0.5, 0.6) is 0 Å². The van der Waals surface area contributed by atoms with Crippen LogP contribution in [0, 0.1) is 0 Å². The summed E-state index contributed by atoms with van der Waals surface area (Å²) in [6.45, 7) is 0.791. The van der Waals surface area contributed by atoms with E-state index in [2.05, 4.69) is 0 Å². The maximum Gasteiger partial charge on any atom is 0.305 e. The number of carbonyl (C=O) groups is 1. The van der Waals surface area contributed by atoms with Crippen molar-refractivity contribution >= 4 is 5.97 Å². The second kappa shape index (κ2) is 3.19. The van der Waals surface area contributed by atoms with Crippen LogP contribution in [0.2, 0.25) is 0 Å². The number of hydrogen-bond donors (Lipinski definition) is 2. The van der Waals surface area contributed by atoms with Crippen molar-refractivity contribution in [3.05, 3.63) is 0 Å². The van der Waals surface area contributed by atoms with E-state index in [1.807, 2.05) is 11.9 Å². The fraction of sp³-hybridized carbons (Fsp3) is 0.857. The molecule has 0 radical (unpaired) electrons. The summed E-state index contributed by atoms with van der Waals surface area (Å²) in [7, 11) is 1.84. The van der Waals surface area contributed by atoms with E-state index in [0.717, 1.165) is 6.54 Å². The molecule has 0 bridgehead atoms. The minimum Gasteiger partial charge on any atom is -0.481 e. The van der Waals surface area contributed by atoms with Crippen molar-refractivity contribution in [2.45, 2.75) is 25.0 Å². The molecule has 4 nitrogen and oxygen atoms in total. The second-order valence-corrected chi connectivity index (χ2v) is 3.00. The van der Waals surface area contributed by atoms with Crippen LogP contribution >= 0.6 is 0 Å². The third-order valence-electron chi connectivity index (χ3n) is 2.17. The van der Waals surface area contributed by atoms with Crippen LogP contribution in [-0.4, -0.2) is 46.8 Å². The number of carboxylic acid groups (broad SMARTS) is 1. The zero-order chi connectivity index (χ0) is 8.43. The number of carboxylic acids is 1. The van der Waals surface area contributed by atoms with E-state index in [9.17, 15) is 9.90 Å². The molecule has 0 spiro atoms. The maximum absolute atomic E-state index is 10.3. The van der Waals surface area contributed by atoms with Crippen molar-refractivity contribution in [1.82, 2.24) is 4.90 Å². The van der Waals surface area contributed by atoms with Gasteiger partial charge in [0.1, 0.15) is 0 Å². The Labute approximate surface area is 65.4 Å². The van der Waals surface area contributed by atoms with Crippen molar-refractivity contribution in [1.29, 1.82) is 0 Å². The summed E-state index contributed by atoms with van der Waals surface area (Å²) in [5.41, 5.74) is 0. The van der Waals surface area contributed by atoms with Gasteiger partial charge in [0.25, 0.3) is 0 Å². The van der Waals surface area contributed by atoms with Gasteiger partial charge in [-0.15, -0.1) is 0 Å². The maximum atomic E-state index is 10.3. The molecule has 0 aromatic carbocycles. The average molecular weight is 159 g/mol. The fourth-order valence-corrected chi connectivity index (χ4v) is 1.46. The highest BCUT2D eigenvalue weighted by atomic mass is 16.4. The number of likely N-dealkylation sites (N-methyl/N-ethyl adjacent to an activating group) is 1. The molecule has 0 amide bonds. The number of rotatable bonds is 2. The third-order valence-corrected chi connectivity index (χ3v) is 2.17. The van der Waals surface area contributed by atoms with Gasteiger partial charge in [0, 0.05) is 12.6 Å². The molecule has 1 aliphatic heterocycles. The van der Waals surface area contributed by atoms with Gasteiger partial charge in [0.15, 0.2) is 0 Å². The lowest BCUT2D eigenvalue weighted by molar-refractivity contribution is -0.138. The van der Waals surface area contributed by atoms with Crippen molar-refractivity contribution in [2.75, 3.05) is 13.6 Å². The van der Waals surface area contributed by atoms with Gasteiger partial charge < -0.3 is 15.1 Å². The van der Waals surface area contributed by atoms with Gasteiger partial charge in [-0.1, -0.05) is 0 Å². The van der Waals surface area contributed by atoms with E-state index < -0.39 is 12.1 Å². The van der Waals surface area contributed by atoms with Crippen LogP contribution < -0.4 is 0 Å². The summed E-state index contributed by atoms with van der Waals surface area (Å²) < 4.78 is 0. The molecule has 1 heterocycles. The van der Waals surface area contributed by atoms with Crippen LogP contribution in [0.25, 0.3) is 0 Å². The van der Waals surface area contributed by atoms with Crippen molar-refractivity contribution in [3.63, 3.8) is 0 Å². The molecule has 1 fully saturated rings. The minimum absolute atomic E-state index is 0.0394. The smallest absolute Gasteiger partial charge is 0.305 e. The summed E-state index contributed by atoms with van der Waals surface area (Å²) >= 11 is 0. The van der Waals surface area contributed by atoms with Gasteiger partial charge in [-0.05, 0) is 13.5 Å². The molecule has 1 saturated heterocycles. The van der Waals surface area contributed by atoms with Gasteiger partial charge in [0.05, 0.1) is 12.5 Å². The Morgan fingerprint density at radius 3 is 2.73 bits per heavy atom. The van der Waals surface area contributed by atoms with Gasteiger partial charge >= 0.3 is 5.97 Å². The summed E-state index contributed by atoms with van der Waals surface area (Å²) in [6, 6.07) is -0.188. The SMILES string of the molecule is CN1CC[C@@H](O)[C@H]1CC(=O)O. The van der Waals surface area contributed by atoms with Crippen molar-refractivity contribution in [2.24, 2.45) is 0 Å². The quantitative estimate of drug-likeness (QED) is 0.571. The zero-order valence-corrected chi connectivity index (χ0v) is 6.53. The first-order chi connectivity index (χ1) is 5.11. The normalized spacial score (nSPS) is 32.5. The topological polar surface area (TPSA) is 60.8 Å². The molecule has 0 aliphatic carbocycles. The number of aliphatic hydroxyl groups excluding tert-OH is 1. The van der Waals surface area contributed by atoms with Gasteiger partial charge in [-0.3, -0.25) is 4.79 Å². The molecule has 64 valence electrons. The van der Waals surface area contributed by atoms with Gasteiger partial charge in [-0.2, -0.15) is 0 Å². The van der Waals surface area contributed by atoms with E-state index in [4.69, 9.17) is 5.11 Å². The lowest BCUT2D eigenvalue weighted by atomic mass is 10.1. The van der Waals surface area contributed by atoms with Gasteiger partial charge in [-0.25, -0.2) is 0 Å². The number of aliphatic hydroxyl groups is 1. The molecule has 2 atom stereocenters. The Morgan fingerprint density at radius 2 is 2.36 bits per heavy atom. The number of hydrogen-bond acceptors (Lipinski definition) is 3. The first kappa shape index (κ1) is 8.49. The predicted octanol–water partition coefficient (Wildman–Crippen LogP) is -0.474. The van der Waals surface area contributed by atoms with Crippen LogP contribution in [0.15, 0.2) is 0 Å². The monoisotopic (exact) mass is 159 g/mol. The van der Waals surface area contributed by atoms with Crippen LogP contribution in [-0.2, 0) is 4.79 Å². The van der Waals surface area contributed by atoms with Crippen LogP contribution in [0.4, 0.5) is 0 Å². The molecular formula is C7H13NO3. The molecule has 4 heteroatoms. The van der Waals surface area contributed by atoms with Crippen molar-refractivity contribution in [3.8, 4) is 0 Å². The largest absolute Gasteiger partial charge is 0.481 e. The first-order valence-electron chi connectivity index (χ1n) is 3.71. The first-order valence-corrected chi connectivity index (χ1v) is 3.71. The van der Waals surface area contributed by atoms with E-state index in [-0.39, 0.29) is 12.5 Å². The minimum atomic E-state index is -0.845. The highest BCUT2D eigenvalue weighted by Crippen LogP contribution is 2.18. The van der Waals surface area contributed by atoms with Crippen LogP contribution in [0.3, 0.4) is 0 Å². The highest BCUT2D eigenvalue weighted by molar-refractivity contribution is 5.67. The number of likely N-dealkylation sites (tertiary alicyclic amines) is 1. The van der Waals surface area contributed by atoms with E-state index in [0.29, 0.717) is 6.42 Å². The second-order valence-electron chi connectivity index (χ2n) is 3.00. The molecular weight excluding hydrogens is 146 g/mol. The van der Waals surface area contributed by atoms with E-state index in [1.165, 1.54) is 0 Å². The Bertz CT molecular complexity index is 150. The van der Waals surface area contributed by atoms with Gasteiger partial charge in [0.2, 0.25) is 0 Å². The number of nitrogens with zero attached hydrogens (tertiary/aromatic N) is 1. The Balaban J connectivity index is 2.47. The number of aliphatic carboxylic acids is 1. The Kier molecular flexibility index (Phi) is 2.46. The lowest BCUT2D eigenvalue weighted by Gasteiger charge is -2.19. The third kappa shape index (κ3) is 1.91. The molecule has 0 aromatic rings. The molecule has 0 unspecified atom stereocenters. The zero-order valence-electron chi connectivity index (χ0n) is 6.53. The van der Waals surface area contributed by atoms with E-state index in [1.54, 1.807) is 0 Å². The molecule has 0 saturated carbocycles. The molecule has 2 N–H and O–H groups in total. The average Bonchev–Trinajstić information content (AvgIpc) is 2.18. The summed E-state index contributed by atoms with van der Waals surface area (Å²) in [4.78, 5) is 12.2. The van der Waals surface area contributed by atoms with E-state index >= 15 is 0 Å². The Hall–Kier alpha value is -0.610. The fourth-order valence-electron chi connectivity index (χ4n) is 1.46. The van der Waals surface area contributed by atoms with Crippen LogP contribution in [0.1, 0.15) is 12.8 Å². The summed E-state index contributed by atoms with van der Waals surface area (Å²) in [5, 5.41) is 17.8. The summed E-state index contributed by atoms with van der Waals surface area (Å²) in [6.07, 6.45) is 0.266. The predicted molar refractivity (Wildman–Crippen MR) is 39.3 cm³/mol. The molecule has 0 aromatic heterocycles. The summed E-state index contributed by atoms with van der Waals surface area (Å²) in [5.74, 6) is -0.845. The molecule has 1 aliphatic rings.